The highest BCUT2D eigenvalue weighted by molar-refractivity contribution is 6.24. The zero-order valence-electron chi connectivity index (χ0n) is 45.0. The Morgan fingerprint density at radius 2 is 0.810 bits per heavy atom. The maximum atomic E-state index is 5.72. The molecule has 8 aromatic carbocycles. The Labute approximate surface area is 460 Å². The van der Waals surface area contributed by atoms with Crippen LogP contribution in [0.2, 0.25) is 0 Å². The number of benzene rings is 8. The number of hydrogen-bond acceptors (Lipinski definition) is 4. The van der Waals surface area contributed by atoms with Gasteiger partial charge in [0.25, 0.3) is 0 Å². The predicted octanol–water partition coefficient (Wildman–Crippen LogP) is 18.4. The molecule has 14 aromatic rings. The summed E-state index contributed by atoms with van der Waals surface area (Å²) in [6.45, 7) is 9.22. The molecule has 0 saturated carbocycles. The SMILES string of the molecule is CC(C)CCc1ccc2c(c1)c1ccc3c4cc(CCC(C)C)ccc4n(-c4nc(-c5ccccc5)cc(-c5ccc6c(c5)c5ccccc5n6-c5ccccc5)n4)c3c1n2-c1cccc(-c2cccc(-c3ccccc3)n2)n1. The summed E-state index contributed by atoms with van der Waals surface area (Å²) < 4.78 is 7.10. The highest BCUT2D eigenvalue weighted by atomic mass is 15.2. The molecular weight excluding hydrogens is 963 g/mol. The van der Waals surface area contributed by atoms with Gasteiger partial charge in [0, 0.05) is 54.7 Å². The van der Waals surface area contributed by atoms with Crippen molar-refractivity contribution in [3.63, 3.8) is 0 Å². The minimum absolute atomic E-state index is 0.582. The third kappa shape index (κ3) is 8.63. The molecule has 0 bridgehead atoms. The molecular formula is C72H59N7. The normalized spacial score (nSPS) is 12.0. The molecule has 79 heavy (non-hydrogen) atoms. The van der Waals surface area contributed by atoms with Crippen molar-refractivity contribution in [2.24, 2.45) is 11.8 Å². The van der Waals surface area contributed by atoms with Gasteiger partial charge in [-0.3, -0.25) is 9.13 Å². The average molecular weight is 1020 g/mol. The van der Waals surface area contributed by atoms with Crippen LogP contribution in [-0.4, -0.2) is 33.6 Å². The Hall–Kier alpha value is -9.46. The molecule has 6 aromatic heterocycles. The standard InChI is InChI=1S/C72H59N7/c1-46(2)30-32-48-34-39-67-57(42-48)55-37-38-56-58-43-49(33-31-47(3)4)35-40-68(58)79(71(56)70(55)78(67)69-29-17-27-62(74-69)61-26-16-25-60(73-61)50-18-8-5-9-19-50)72-75-63(51-20-10-6-11-21-51)45-64(76-72)52-36-41-66-59(44-52)54-24-14-15-28-65(54)77(66)53-22-12-7-13-23-53/h5-29,34-47H,30-33H2,1-4H3. The number of fused-ring (bicyclic) bond motifs is 10. The van der Waals surface area contributed by atoms with Crippen LogP contribution in [0, 0.1) is 11.8 Å². The Morgan fingerprint density at radius 1 is 0.316 bits per heavy atom. The Kier molecular flexibility index (Phi) is 12.0. The minimum Gasteiger partial charge on any atom is -0.309 e. The van der Waals surface area contributed by atoms with Gasteiger partial charge >= 0.3 is 0 Å². The first-order valence-corrected chi connectivity index (χ1v) is 27.9. The van der Waals surface area contributed by atoms with Crippen LogP contribution in [0.5, 0.6) is 0 Å². The molecule has 14 rings (SSSR count). The monoisotopic (exact) mass is 1020 g/mol. The third-order valence-corrected chi connectivity index (χ3v) is 15.8. The van der Waals surface area contributed by atoms with E-state index >= 15 is 0 Å². The molecule has 0 N–H and O–H groups in total. The average Bonchev–Trinajstić information content (AvgIpc) is 3.39. The van der Waals surface area contributed by atoms with E-state index in [1.54, 1.807) is 0 Å². The zero-order valence-corrected chi connectivity index (χ0v) is 45.0. The molecule has 7 heteroatoms. The van der Waals surface area contributed by atoms with Crippen molar-refractivity contribution in [2.75, 3.05) is 0 Å². The third-order valence-electron chi connectivity index (χ3n) is 15.8. The number of hydrogen-bond donors (Lipinski definition) is 0. The van der Waals surface area contributed by atoms with Gasteiger partial charge in [0.1, 0.15) is 5.82 Å². The van der Waals surface area contributed by atoms with Gasteiger partial charge in [-0.15, -0.1) is 0 Å². The molecule has 0 unspecified atom stereocenters. The number of rotatable bonds is 13. The van der Waals surface area contributed by atoms with Crippen LogP contribution in [-0.2, 0) is 12.8 Å². The van der Waals surface area contributed by atoms with E-state index in [1.807, 2.05) is 6.07 Å². The Morgan fingerprint density at radius 3 is 1.47 bits per heavy atom. The highest BCUT2D eigenvalue weighted by Gasteiger charge is 2.25. The quantitative estimate of drug-likeness (QED) is 0.115. The Bertz CT molecular complexity index is 4600. The van der Waals surface area contributed by atoms with E-state index in [0.717, 1.165) is 126 Å². The fourth-order valence-corrected chi connectivity index (χ4v) is 11.8. The smallest absolute Gasteiger partial charge is 0.235 e. The van der Waals surface area contributed by atoms with Crippen molar-refractivity contribution >= 4 is 65.4 Å². The van der Waals surface area contributed by atoms with Gasteiger partial charge in [-0.05, 0) is 134 Å². The summed E-state index contributed by atoms with van der Waals surface area (Å²) in [4.78, 5) is 22.1. The second kappa shape index (κ2) is 19.8. The molecule has 0 amide bonds. The lowest BCUT2D eigenvalue weighted by atomic mass is 10.00. The molecule has 0 atom stereocenters. The summed E-state index contributed by atoms with van der Waals surface area (Å²) in [6.07, 6.45) is 4.21. The first kappa shape index (κ1) is 48.0. The van der Waals surface area contributed by atoms with E-state index in [1.165, 1.54) is 32.7 Å². The number of nitrogens with zero attached hydrogens (tertiary/aromatic N) is 7. The second-order valence-corrected chi connectivity index (χ2v) is 22.0. The van der Waals surface area contributed by atoms with Crippen LogP contribution in [0.15, 0.2) is 224 Å². The summed E-state index contributed by atoms with van der Waals surface area (Å²) in [5, 5.41) is 7.00. The van der Waals surface area contributed by atoms with Crippen LogP contribution >= 0.6 is 0 Å². The van der Waals surface area contributed by atoms with E-state index in [0.29, 0.717) is 17.8 Å². The van der Waals surface area contributed by atoms with Crippen molar-refractivity contribution in [3.05, 3.63) is 236 Å². The van der Waals surface area contributed by atoms with Crippen molar-refractivity contribution < 1.29 is 0 Å². The topological polar surface area (TPSA) is 66.3 Å². The van der Waals surface area contributed by atoms with Crippen molar-refractivity contribution in [3.8, 4) is 62.6 Å². The number of para-hydroxylation sites is 2. The van der Waals surface area contributed by atoms with E-state index in [9.17, 15) is 0 Å². The van der Waals surface area contributed by atoms with Gasteiger partial charge < -0.3 is 4.57 Å². The first-order valence-electron chi connectivity index (χ1n) is 27.9. The van der Waals surface area contributed by atoms with Gasteiger partial charge in [0.15, 0.2) is 0 Å². The van der Waals surface area contributed by atoms with Gasteiger partial charge in [0.2, 0.25) is 5.95 Å². The molecule has 0 aliphatic rings. The molecule has 0 aliphatic heterocycles. The largest absolute Gasteiger partial charge is 0.309 e. The lowest BCUT2D eigenvalue weighted by Gasteiger charge is -2.14. The number of aromatic nitrogens is 7. The summed E-state index contributed by atoms with van der Waals surface area (Å²) in [5.41, 5.74) is 17.6. The van der Waals surface area contributed by atoms with Crippen LogP contribution in [0.1, 0.15) is 51.7 Å². The van der Waals surface area contributed by atoms with Gasteiger partial charge in [-0.2, -0.15) is 0 Å². The molecule has 382 valence electrons. The lowest BCUT2D eigenvalue weighted by molar-refractivity contribution is 0.587. The van der Waals surface area contributed by atoms with Crippen LogP contribution in [0.3, 0.4) is 0 Å². The molecule has 6 heterocycles. The molecule has 0 radical (unpaired) electrons. The first-order chi connectivity index (χ1) is 38.8. The van der Waals surface area contributed by atoms with Gasteiger partial charge in [-0.1, -0.05) is 167 Å². The van der Waals surface area contributed by atoms with Crippen molar-refractivity contribution in [2.45, 2.75) is 53.4 Å². The van der Waals surface area contributed by atoms with Gasteiger partial charge in [-0.25, -0.2) is 19.9 Å². The predicted molar refractivity (Wildman–Crippen MR) is 329 cm³/mol. The van der Waals surface area contributed by atoms with Crippen LogP contribution in [0.25, 0.3) is 128 Å². The Balaban J connectivity index is 1.06. The van der Waals surface area contributed by atoms with Gasteiger partial charge in [0.05, 0.1) is 61.6 Å². The van der Waals surface area contributed by atoms with Crippen LogP contribution in [0.4, 0.5) is 0 Å². The van der Waals surface area contributed by atoms with E-state index in [4.69, 9.17) is 19.9 Å². The second-order valence-electron chi connectivity index (χ2n) is 22.0. The maximum absolute atomic E-state index is 5.72. The summed E-state index contributed by atoms with van der Waals surface area (Å²) in [5.74, 6) is 2.58. The van der Waals surface area contributed by atoms with Crippen molar-refractivity contribution in [1.82, 2.24) is 33.6 Å². The molecule has 0 fully saturated rings. The van der Waals surface area contributed by atoms with Crippen molar-refractivity contribution in [1.29, 1.82) is 0 Å². The fourth-order valence-electron chi connectivity index (χ4n) is 11.8. The van der Waals surface area contributed by atoms with Crippen LogP contribution < -0.4 is 0 Å². The zero-order chi connectivity index (χ0) is 53.1. The van der Waals surface area contributed by atoms with E-state index in [2.05, 4.69) is 260 Å². The summed E-state index contributed by atoms with van der Waals surface area (Å²) in [6, 6.07) is 80.5. The van der Waals surface area contributed by atoms with E-state index in [-0.39, 0.29) is 0 Å². The molecule has 0 saturated heterocycles. The molecule has 0 aliphatic carbocycles. The number of aryl methyl sites for hydroxylation is 2. The molecule has 0 spiro atoms. The molecule has 7 nitrogen and oxygen atoms in total. The highest BCUT2D eigenvalue weighted by Crippen LogP contribution is 2.43. The minimum atomic E-state index is 0.582. The van der Waals surface area contributed by atoms with E-state index < -0.39 is 0 Å². The summed E-state index contributed by atoms with van der Waals surface area (Å²) in [7, 11) is 0. The summed E-state index contributed by atoms with van der Waals surface area (Å²) >= 11 is 0. The number of pyridine rings is 2. The maximum Gasteiger partial charge on any atom is 0.235 e. The lowest BCUT2D eigenvalue weighted by Crippen LogP contribution is -2.06. The fraction of sp³-hybridized carbons (Fsp3) is 0.139.